The molecular formula is C17H33IN4. The largest absolute Gasteiger partial charge is 0.356 e. The second-order valence-corrected chi connectivity index (χ2v) is 7.25. The lowest BCUT2D eigenvalue weighted by Gasteiger charge is -2.38. The Bertz CT molecular complexity index is 362. The van der Waals surface area contributed by atoms with Crippen LogP contribution in [0.5, 0.6) is 0 Å². The van der Waals surface area contributed by atoms with Gasteiger partial charge in [-0.05, 0) is 70.0 Å². The maximum atomic E-state index is 4.49. The third-order valence-electron chi connectivity index (χ3n) is 5.75. The fourth-order valence-electron chi connectivity index (χ4n) is 4.20. The van der Waals surface area contributed by atoms with Crippen LogP contribution in [0.4, 0.5) is 0 Å². The number of nitrogens with one attached hydrogen (secondary N) is 1. The van der Waals surface area contributed by atoms with E-state index in [1.54, 1.807) is 0 Å². The average Bonchev–Trinajstić information content (AvgIpc) is 3.11. The highest BCUT2D eigenvalue weighted by Crippen LogP contribution is 2.47. The summed E-state index contributed by atoms with van der Waals surface area (Å²) in [5, 5.41) is 3.58. The van der Waals surface area contributed by atoms with Gasteiger partial charge in [0.1, 0.15) is 0 Å². The monoisotopic (exact) mass is 420 g/mol. The van der Waals surface area contributed by atoms with Crippen molar-refractivity contribution in [1.82, 2.24) is 15.1 Å². The Morgan fingerprint density at radius 1 is 1.05 bits per heavy atom. The minimum Gasteiger partial charge on any atom is -0.356 e. The summed E-state index contributed by atoms with van der Waals surface area (Å²) in [4.78, 5) is 9.58. The zero-order valence-corrected chi connectivity index (χ0v) is 16.5. The van der Waals surface area contributed by atoms with Crippen molar-refractivity contribution >= 4 is 29.9 Å². The van der Waals surface area contributed by atoms with Gasteiger partial charge in [0.2, 0.25) is 0 Å². The van der Waals surface area contributed by atoms with Gasteiger partial charge in [-0.1, -0.05) is 6.42 Å². The van der Waals surface area contributed by atoms with Crippen molar-refractivity contribution in [2.75, 3.05) is 46.3 Å². The van der Waals surface area contributed by atoms with Gasteiger partial charge in [0.05, 0.1) is 0 Å². The number of unbranched alkanes of at least 4 members (excludes halogenated alkanes) is 1. The van der Waals surface area contributed by atoms with Gasteiger partial charge in [0.15, 0.2) is 5.96 Å². The number of aliphatic imine (C=N–C) groups is 1. The van der Waals surface area contributed by atoms with E-state index in [1.807, 2.05) is 7.05 Å². The molecule has 3 fully saturated rings. The topological polar surface area (TPSA) is 30.9 Å². The van der Waals surface area contributed by atoms with Crippen molar-refractivity contribution in [3.63, 3.8) is 0 Å². The van der Waals surface area contributed by atoms with Crippen LogP contribution in [0.15, 0.2) is 4.99 Å². The molecular weight excluding hydrogens is 387 g/mol. The number of hydrogen-bond acceptors (Lipinski definition) is 2. The van der Waals surface area contributed by atoms with Crippen molar-refractivity contribution in [1.29, 1.82) is 0 Å². The molecule has 0 aromatic carbocycles. The van der Waals surface area contributed by atoms with Crippen LogP contribution in [0.25, 0.3) is 0 Å². The van der Waals surface area contributed by atoms with Crippen LogP contribution < -0.4 is 5.32 Å². The lowest BCUT2D eigenvalue weighted by atomic mass is 9.68. The van der Waals surface area contributed by atoms with Gasteiger partial charge in [-0.3, -0.25) is 4.99 Å². The average molecular weight is 420 g/mol. The lowest BCUT2D eigenvalue weighted by molar-refractivity contribution is 0.151. The quantitative estimate of drug-likeness (QED) is 0.321. The fraction of sp³-hybridized carbons (Fsp3) is 0.941. The molecule has 2 saturated heterocycles. The maximum absolute atomic E-state index is 4.49. The van der Waals surface area contributed by atoms with Crippen molar-refractivity contribution < 1.29 is 0 Å². The number of guanidine groups is 1. The number of hydrogen-bond donors (Lipinski definition) is 1. The smallest absolute Gasteiger partial charge is 0.193 e. The normalized spacial score (nSPS) is 24.4. The van der Waals surface area contributed by atoms with Gasteiger partial charge in [-0.2, -0.15) is 0 Å². The van der Waals surface area contributed by atoms with Crippen molar-refractivity contribution in [3.8, 4) is 0 Å². The van der Waals surface area contributed by atoms with E-state index in [4.69, 9.17) is 0 Å². The van der Waals surface area contributed by atoms with Gasteiger partial charge < -0.3 is 15.1 Å². The Balaban J connectivity index is 0.00000176. The first-order valence-electron chi connectivity index (χ1n) is 8.99. The summed E-state index contributed by atoms with van der Waals surface area (Å²) in [6.45, 7) is 7.45. The molecule has 0 radical (unpaired) electrons. The first kappa shape index (κ1) is 18.3. The highest BCUT2D eigenvalue weighted by molar-refractivity contribution is 14.0. The predicted molar refractivity (Wildman–Crippen MR) is 104 cm³/mol. The number of rotatable bonds is 5. The molecule has 2 aliphatic heterocycles. The maximum Gasteiger partial charge on any atom is 0.193 e. The molecule has 0 amide bonds. The van der Waals surface area contributed by atoms with Crippen LogP contribution >= 0.6 is 24.0 Å². The van der Waals surface area contributed by atoms with Crippen LogP contribution in [0.2, 0.25) is 0 Å². The van der Waals surface area contributed by atoms with E-state index >= 15 is 0 Å². The molecule has 5 heteroatoms. The first-order valence-corrected chi connectivity index (χ1v) is 8.99. The van der Waals surface area contributed by atoms with Crippen LogP contribution in [-0.4, -0.2) is 62.1 Å². The zero-order valence-electron chi connectivity index (χ0n) is 14.1. The Morgan fingerprint density at radius 3 is 2.41 bits per heavy atom. The Labute approximate surface area is 153 Å². The molecule has 2 heterocycles. The SMILES string of the molecule is CN=C(NCCCCN1CCCC1)N1CCC2(CCC2)C1.I. The molecule has 0 aromatic rings. The second-order valence-electron chi connectivity index (χ2n) is 7.25. The van der Waals surface area contributed by atoms with E-state index in [2.05, 4.69) is 20.1 Å². The Hall–Kier alpha value is -0.0400. The molecule has 128 valence electrons. The highest BCUT2D eigenvalue weighted by Gasteiger charge is 2.43. The van der Waals surface area contributed by atoms with Gasteiger partial charge in [0.25, 0.3) is 0 Å². The zero-order chi connectivity index (χ0) is 14.5. The van der Waals surface area contributed by atoms with Crippen LogP contribution in [0.3, 0.4) is 0 Å². The third-order valence-corrected chi connectivity index (χ3v) is 5.75. The summed E-state index contributed by atoms with van der Waals surface area (Å²) in [5.41, 5.74) is 0.660. The lowest BCUT2D eigenvalue weighted by Crippen LogP contribution is -2.42. The molecule has 3 rings (SSSR count). The van der Waals surface area contributed by atoms with E-state index in [0.29, 0.717) is 5.41 Å². The standard InChI is InChI=1S/C17H32N4.HI/c1-18-16(21-14-9-17(15-21)7-6-8-17)19-10-2-3-11-20-12-4-5-13-20;/h2-15H2,1H3,(H,18,19);1H. The number of nitrogens with zero attached hydrogens (tertiary/aromatic N) is 3. The van der Waals surface area contributed by atoms with Crippen molar-refractivity contribution in [2.24, 2.45) is 10.4 Å². The molecule has 0 aromatic heterocycles. The second kappa shape index (κ2) is 8.71. The summed E-state index contributed by atoms with van der Waals surface area (Å²) < 4.78 is 0. The van der Waals surface area contributed by atoms with Crippen molar-refractivity contribution in [3.05, 3.63) is 0 Å². The van der Waals surface area contributed by atoms with E-state index in [-0.39, 0.29) is 24.0 Å². The van der Waals surface area contributed by atoms with Crippen LogP contribution in [-0.2, 0) is 0 Å². The fourth-order valence-corrected chi connectivity index (χ4v) is 4.20. The summed E-state index contributed by atoms with van der Waals surface area (Å²) in [6, 6.07) is 0. The van der Waals surface area contributed by atoms with Crippen LogP contribution in [0, 0.1) is 5.41 Å². The van der Waals surface area contributed by atoms with E-state index in [0.717, 1.165) is 12.5 Å². The highest BCUT2D eigenvalue weighted by atomic mass is 127. The molecule has 0 bridgehead atoms. The van der Waals surface area contributed by atoms with E-state index < -0.39 is 0 Å². The molecule has 1 spiro atoms. The minimum atomic E-state index is 0. The summed E-state index contributed by atoms with van der Waals surface area (Å²) in [7, 11) is 1.93. The molecule has 1 N–H and O–H groups in total. The van der Waals surface area contributed by atoms with Crippen molar-refractivity contribution in [2.45, 2.75) is 51.4 Å². The van der Waals surface area contributed by atoms with Gasteiger partial charge in [-0.15, -0.1) is 24.0 Å². The third kappa shape index (κ3) is 4.49. The first-order chi connectivity index (χ1) is 10.3. The molecule has 22 heavy (non-hydrogen) atoms. The van der Waals surface area contributed by atoms with E-state index in [9.17, 15) is 0 Å². The summed E-state index contributed by atoms with van der Waals surface area (Å²) in [5.74, 6) is 1.14. The Morgan fingerprint density at radius 2 is 1.82 bits per heavy atom. The Kier molecular flexibility index (Phi) is 7.25. The van der Waals surface area contributed by atoms with E-state index in [1.165, 1.54) is 84.1 Å². The predicted octanol–water partition coefficient (Wildman–Crippen LogP) is 2.93. The summed E-state index contributed by atoms with van der Waals surface area (Å²) >= 11 is 0. The molecule has 4 nitrogen and oxygen atoms in total. The van der Waals surface area contributed by atoms with Gasteiger partial charge in [-0.25, -0.2) is 0 Å². The molecule has 3 aliphatic rings. The van der Waals surface area contributed by atoms with Crippen LogP contribution in [0.1, 0.15) is 51.4 Å². The minimum absolute atomic E-state index is 0. The molecule has 0 unspecified atom stereocenters. The molecule has 1 saturated carbocycles. The van der Waals surface area contributed by atoms with Gasteiger partial charge >= 0.3 is 0 Å². The number of likely N-dealkylation sites (tertiary alicyclic amines) is 2. The summed E-state index contributed by atoms with van der Waals surface area (Å²) in [6.07, 6.45) is 11.1. The molecule has 0 atom stereocenters. The molecule has 1 aliphatic carbocycles. The van der Waals surface area contributed by atoms with Gasteiger partial charge in [0, 0.05) is 26.7 Å². The number of halogens is 1.